The van der Waals surface area contributed by atoms with Crippen LogP contribution in [0.4, 0.5) is 0 Å². The second-order valence-corrected chi connectivity index (χ2v) is 6.06. The Balaban J connectivity index is 1.85. The first-order valence-electron chi connectivity index (χ1n) is 8.13. The average Bonchev–Trinajstić information content (AvgIpc) is 2.60. The number of hydrogen-bond acceptors (Lipinski definition) is 3. The number of carbonyl (C=O) groups is 3. The van der Waals surface area contributed by atoms with Crippen LogP contribution in [-0.2, 0) is 4.79 Å². The molecule has 5 heteroatoms. The maximum absolute atomic E-state index is 12.3. The zero-order chi connectivity index (χ0) is 18.4. The molecule has 0 aliphatic heterocycles. The fraction of sp³-hybridized carbons (Fsp3) is 0.250. The molecule has 130 valence electrons. The molecule has 0 saturated heterocycles. The van der Waals surface area contributed by atoms with Crippen molar-refractivity contribution in [2.75, 3.05) is 0 Å². The van der Waals surface area contributed by atoms with Crippen LogP contribution in [0.15, 0.2) is 42.5 Å². The van der Waals surface area contributed by atoms with Gasteiger partial charge in [0, 0.05) is 24.0 Å². The normalized spacial score (nSPS) is 10.2. The van der Waals surface area contributed by atoms with Crippen LogP contribution < -0.4 is 10.9 Å². The quantitative estimate of drug-likeness (QED) is 0.650. The summed E-state index contributed by atoms with van der Waals surface area (Å²) in [7, 11) is 0. The van der Waals surface area contributed by atoms with Crippen molar-refractivity contribution < 1.29 is 14.4 Å². The standard InChI is InChI=1S/C20H22N2O3/c1-13-8-9-15(3)17(12-13)18(23)10-11-19(24)21-22-20(25)16-7-5-4-6-14(16)2/h4-9,12H,10-11H2,1-3H3,(H,21,24)(H,22,25). The Kier molecular flexibility index (Phi) is 6.06. The zero-order valence-corrected chi connectivity index (χ0v) is 14.7. The summed E-state index contributed by atoms with van der Waals surface area (Å²) >= 11 is 0. The molecule has 0 bridgehead atoms. The van der Waals surface area contributed by atoms with Gasteiger partial charge in [-0.3, -0.25) is 25.2 Å². The maximum Gasteiger partial charge on any atom is 0.269 e. The van der Waals surface area contributed by atoms with Gasteiger partial charge < -0.3 is 0 Å². The van der Waals surface area contributed by atoms with Gasteiger partial charge in [-0.2, -0.15) is 0 Å². The Bertz CT molecular complexity index is 812. The molecule has 0 fully saturated rings. The lowest BCUT2D eigenvalue weighted by Crippen LogP contribution is -2.41. The summed E-state index contributed by atoms with van der Waals surface area (Å²) in [6.45, 7) is 5.61. The number of ketones is 1. The van der Waals surface area contributed by atoms with Gasteiger partial charge in [0.05, 0.1) is 0 Å². The molecule has 0 aliphatic carbocycles. The lowest BCUT2D eigenvalue weighted by atomic mass is 9.99. The van der Waals surface area contributed by atoms with Crippen molar-refractivity contribution >= 4 is 17.6 Å². The van der Waals surface area contributed by atoms with Crippen LogP contribution in [0.3, 0.4) is 0 Å². The van der Waals surface area contributed by atoms with E-state index in [0.29, 0.717) is 11.1 Å². The van der Waals surface area contributed by atoms with Crippen molar-refractivity contribution in [2.24, 2.45) is 0 Å². The number of aryl methyl sites for hydroxylation is 3. The second kappa shape index (κ2) is 8.24. The second-order valence-electron chi connectivity index (χ2n) is 6.06. The maximum atomic E-state index is 12.3. The highest BCUT2D eigenvalue weighted by Gasteiger charge is 2.13. The molecule has 0 heterocycles. The van der Waals surface area contributed by atoms with Gasteiger partial charge in [0.2, 0.25) is 5.91 Å². The molecule has 2 aromatic carbocycles. The van der Waals surface area contributed by atoms with Gasteiger partial charge in [-0.05, 0) is 44.0 Å². The van der Waals surface area contributed by atoms with Gasteiger partial charge in [-0.1, -0.05) is 35.9 Å². The van der Waals surface area contributed by atoms with Gasteiger partial charge in [0.15, 0.2) is 5.78 Å². The van der Waals surface area contributed by atoms with Crippen LogP contribution in [-0.4, -0.2) is 17.6 Å². The molecule has 25 heavy (non-hydrogen) atoms. The Morgan fingerprint density at radius 1 is 0.800 bits per heavy atom. The fourth-order valence-corrected chi connectivity index (χ4v) is 2.48. The molecule has 0 atom stereocenters. The first kappa shape index (κ1) is 18.4. The topological polar surface area (TPSA) is 75.3 Å². The fourth-order valence-electron chi connectivity index (χ4n) is 2.48. The van der Waals surface area contributed by atoms with E-state index in [1.54, 1.807) is 12.1 Å². The summed E-state index contributed by atoms with van der Waals surface area (Å²) in [6, 6.07) is 12.8. The number of benzene rings is 2. The molecule has 0 aliphatic rings. The summed E-state index contributed by atoms with van der Waals surface area (Å²) in [5.74, 6) is -0.866. The minimum absolute atomic E-state index is 0.0142. The molecule has 0 radical (unpaired) electrons. The number of amides is 2. The smallest absolute Gasteiger partial charge is 0.269 e. The first-order valence-corrected chi connectivity index (χ1v) is 8.13. The third-order valence-electron chi connectivity index (χ3n) is 3.98. The Labute approximate surface area is 147 Å². The number of carbonyl (C=O) groups excluding carboxylic acids is 3. The van der Waals surface area contributed by atoms with Crippen molar-refractivity contribution in [3.8, 4) is 0 Å². The zero-order valence-electron chi connectivity index (χ0n) is 14.7. The number of Topliss-reactive ketones (excluding diaryl/α,β-unsaturated/α-hetero) is 1. The third-order valence-corrected chi connectivity index (χ3v) is 3.98. The molecule has 0 spiro atoms. The molecule has 0 aromatic heterocycles. The van der Waals surface area contributed by atoms with E-state index >= 15 is 0 Å². The van der Waals surface area contributed by atoms with Crippen molar-refractivity contribution in [1.29, 1.82) is 0 Å². The molecule has 0 saturated carbocycles. The van der Waals surface area contributed by atoms with Crippen LogP contribution >= 0.6 is 0 Å². The molecular formula is C20H22N2O3. The summed E-state index contributed by atoms with van der Waals surface area (Å²) in [5, 5.41) is 0. The molecule has 2 aromatic rings. The number of hydrogen-bond donors (Lipinski definition) is 2. The molecule has 2 N–H and O–H groups in total. The van der Waals surface area contributed by atoms with E-state index in [4.69, 9.17) is 0 Å². The predicted octanol–water partition coefficient (Wildman–Crippen LogP) is 3.04. The van der Waals surface area contributed by atoms with Crippen molar-refractivity contribution in [3.63, 3.8) is 0 Å². The number of nitrogens with one attached hydrogen (secondary N) is 2. The van der Waals surface area contributed by atoms with Gasteiger partial charge in [0.1, 0.15) is 0 Å². The predicted molar refractivity (Wildman–Crippen MR) is 96.3 cm³/mol. The van der Waals surface area contributed by atoms with Gasteiger partial charge in [-0.25, -0.2) is 0 Å². The molecule has 0 unspecified atom stereocenters. The summed E-state index contributed by atoms with van der Waals surface area (Å²) in [4.78, 5) is 36.2. The van der Waals surface area contributed by atoms with Crippen molar-refractivity contribution in [1.82, 2.24) is 10.9 Å². The van der Waals surface area contributed by atoms with Gasteiger partial charge >= 0.3 is 0 Å². The SMILES string of the molecule is Cc1ccc(C)c(C(=O)CCC(=O)NNC(=O)c2ccccc2C)c1. The lowest BCUT2D eigenvalue weighted by molar-refractivity contribution is -0.121. The minimum atomic E-state index is -0.402. The molecular weight excluding hydrogens is 316 g/mol. The van der Waals surface area contributed by atoms with E-state index in [0.717, 1.165) is 16.7 Å². The van der Waals surface area contributed by atoms with E-state index in [1.165, 1.54) is 0 Å². The van der Waals surface area contributed by atoms with E-state index in [2.05, 4.69) is 10.9 Å². The summed E-state index contributed by atoms with van der Waals surface area (Å²) < 4.78 is 0. The van der Waals surface area contributed by atoms with Crippen LogP contribution in [0.2, 0.25) is 0 Å². The van der Waals surface area contributed by atoms with Crippen molar-refractivity contribution in [3.05, 3.63) is 70.3 Å². The monoisotopic (exact) mass is 338 g/mol. The first-order chi connectivity index (χ1) is 11.9. The van der Waals surface area contributed by atoms with Gasteiger partial charge in [-0.15, -0.1) is 0 Å². The highest BCUT2D eigenvalue weighted by Crippen LogP contribution is 2.13. The highest BCUT2D eigenvalue weighted by atomic mass is 16.2. The van der Waals surface area contributed by atoms with Crippen LogP contribution in [0, 0.1) is 20.8 Å². The van der Waals surface area contributed by atoms with E-state index in [9.17, 15) is 14.4 Å². The Hall–Kier alpha value is -2.95. The molecule has 2 amide bonds. The molecule has 2 rings (SSSR count). The Morgan fingerprint density at radius 3 is 2.20 bits per heavy atom. The van der Waals surface area contributed by atoms with E-state index in [1.807, 2.05) is 51.1 Å². The van der Waals surface area contributed by atoms with Gasteiger partial charge in [0.25, 0.3) is 5.91 Å². The lowest BCUT2D eigenvalue weighted by Gasteiger charge is -2.09. The summed E-state index contributed by atoms with van der Waals surface area (Å²) in [5.41, 5.74) is 8.57. The average molecular weight is 338 g/mol. The van der Waals surface area contributed by atoms with Crippen LogP contribution in [0.25, 0.3) is 0 Å². The molecule has 5 nitrogen and oxygen atoms in total. The van der Waals surface area contributed by atoms with E-state index < -0.39 is 5.91 Å². The third kappa shape index (κ3) is 5.01. The minimum Gasteiger partial charge on any atom is -0.294 e. The van der Waals surface area contributed by atoms with Crippen molar-refractivity contribution in [2.45, 2.75) is 33.6 Å². The largest absolute Gasteiger partial charge is 0.294 e. The van der Waals surface area contributed by atoms with Crippen LogP contribution in [0.1, 0.15) is 50.2 Å². The highest BCUT2D eigenvalue weighted by molar-refractivity contribution is 6.00. The summed E-state index contributed by atoms with van der Waals surface area (Å²) in [6.07, 6.45) is 0.108. The van der Waals surface area contributed by atoms with E-state index in [-0.39, 0.29) is 24.5 Å². The number of rotatable bonds is 5. The Morgan fingerprint density at radius 2 is 1.48 bits per heavy atom. The van der Waals surface area contributed by atoms with Crippen LogP contribution in [0.5, 0.6) is 0 Å². The number of hydrazine groups is 1.